The van der Waals surface area contributed by atoms with Gasteiger partial charge in [-0.15, -0.1) is 0 Å². The largest absolute Gasteiger partial charge is 0.462 e. The van der Waals surface area contributed by atoms with Crippen molar-refractivity contribution >= 4 is 25.8 Å². The lowest BCUT2D eigenvalue weighted by molar-refractivity contribution is 0.393. The molecule has 8 heteroatoms. The van der Waals surface area contributed by atoms with Crippen molar-refractivity contribution in [1.29, 1.82) is 0 Å². The maximum absolute atomic E-state index is 16.2. The first-order valence-corrected chi connectivity index (χ1v) is 34.4. The zero-order chi connectivity index (χ0) is 57.7. The Morgan fingerprint density at radius 1 is 0.287 bits per heavy atom. The van der Waals surface area contributed by atoms with E-state index in [2.05, 4.69) is 132 Å². The van der Waals surface area contributed by atoms with Gasteiger partial charge in [-0.25, -0.2) is 9.13 Å². The molecule has 0 aliphatic heterocycles. The van der Waals surface area contributed by atoms with Crippen molar-refractivity contribution in [3.8, 4) is 34.1 Å². The zero-order valence-corrected chi connectivity index (χ0v) is 53.3. The van der Waals surface area contributed by atoms with Crippen LogP contribution in [0.4, 0.5) is 0 Å². The van der Waals surface area contributed by atoms with E-state index in [1.807, 2.05) is 48.5 Å². The molecule has 6 aromatic rings. The van der Waals surface area contributed by atoms with Crippen molar-refractivity contribution in [1.82, 2.24) is 0 Å². The summed E-state index contributed by atoms with van der Waals surface area (Å²) in [5, 5.41) is 0.983. The molecule has 6 rings (SSSR count). The van der Waals surface area contributed by atoms with Crippen molar-refractivity contribution in [3.05, 3.63) is 164 Å². The van der Waals surface area contributed by atoms with E-state index in [4.69, 9.17) is 18.1 Å². The first kappa shape index (κ1) is 64.2. The Morgan fingerprint density at radius 2 is 0.487 bits per heavy atom. The van der Waals surface area contributed by atoms with Gasteiger partial charge < -0.3 is 18.1 Å². The van der Waals surface area contributed by atoms with E-state index in [1.54, 1.807) is 0 Å². The van der Waals surface area contributed by atoms with E-state index in [-0.39, 0.29) is 0 Å². The van der Waals surface area contributed by atoms with Crippen LogP contribution >= 0.6 is 15.2 Å². The average molecular weight is 1120 g/mol. The Morgan fingerprint density at radius 3 is 0.688 bits per heavy atom. The molecular weight excluding hydrogens is 1020 g/mol. The van der Waals surface area contributed by atoms with E-state index in [0.717, 1.165) is 210 Å². The van der Waals surface area contributed by atoms with Crippen LogP contribution in [-0.2, 0) is 60.5 Å². The molecule has 0 bridgehead atoms. The SMILES string of the molecule is CCCCc1cc(C)c(CCCC)c(OP(=O)(Oc2cc(CCCC)cc(C)c2CCCC)c2ccc(-c3ccc(P(=O)(Oc4cc(CCCC)cc(C)c4CCCC)Oc4cc(CCCC)cc(C)c4CCCC)cc3)cc2)c1. The van der Waals surface area contributed by atoms with Gasteiger partial charge in [0.25, 0.3) is 0 Å². The van der Waals surface area contributed by atoms with Crippen molar-refractivity contribution in [2.45, 2.75) is 237 Å². The van der Waals surface area contributed by atoms with Crippen LogP contribution in [0, 0.1) is 27.7 Å². The van der Waals surface area contributed by atoms with Crippen LogP contribution in [-0.4, -0.2) is 0 Å². The van der Waals surface area contributed by atoms with Crippen LogP contribution in [0.25, 0.3) is 11.1 Å². The molecule has 0 atom stereocenters. The van der Waals surface area contributed by atoms with E-state index in [0.29, 0.717) is 33.6 Å². The number of benzene rings is 6. The Hall–Kier alpha value is -5.02. The predicted octanol–water partition coefficient (Wildman–Crippen LogP) is 21.3. The van der Waals surface area contributed by atoms with Gasteiger partial charge in [-0.1, -0.05) is 155 Å². The summed E-state index contributed by atoms with van der Waals surface area (Å²) in [6.45, 7) is 26.3. The average Bonchev–Trinajstić information content (AvgIpc) is 3.45. The second-order valence-corrected chi connectivity index (χ2v) is 26.6. The van der Waals surface area contributed by atoms with Crippen molar-refractivity contribution in [3.63, 3.8) is 0 Å². The van der Waals surface area contributed by atoms with Crippen LogP contribution in [0.1, 0.15) is 225 Å². The smallest absolute Gasteiger partial charge is 0.412 e. The molecule has 0 amide bonds. The first-order valence-electron chi connectivity index (χ1n) is 31.4. The summed E-state index contributed by atoms with van der Waals surface area (Å²) in [5.74, 6) is 2.60. The molecule has 0 fully saturated rings. The van der Waals surface area contributed by atoms with Gasteiger partial charge in [0.15, 0.2) is 0 Å². The first-order chi connectivity index (χ1) is 38.7. The van der Waals surface area contributed by atoms with Crippen molar-refractivity contribution in [2.24, 2.45) is 0 Å². The lowest BCUT2D eigenvalue weighted by Crippen LogP contribution is -2.17. The van der Waals surface area contributed by atoms with E-state index < -0.39 is 15.2 Å². The monoisotopic (exact) mass is 1120 g/mol. The Labute approximate surface area is 485 Å². The molecule has 6 nitrogen and oxygen atoms in total. The van der Waals surface area contributed by atoms with Crippen molar-refractivity contribution < 1.29 is 27.2 Å². The van der Waals surface area contributed by atoms with Gasteiger partial charge in [0, 0.05) is 0 Å². The van der Waals surface area contributed by atoms with Crippen LogP contribution in [0.5, 0.6) is 23.0 Å². The van der Waals surface area contributed by atoms with Crippen LogP contribution in [0.15, 0.2) is 97.1 Å². The Balaban J connectivity index is 1.48. The van der Waals surface area contributed by atoms with Gasteiger partial charge in [0.05, 0.1) is 10.6 Å². The lowest BCUT2D eigenvalue weighted by Gasteiger charge is -2.26. The third kappa shape index (κ3) is 17.5. The number of hydrogen-bond donors (Lipinski definition) is 0. The Bertz CT molecular complexity index is 2640. The minimum Gasteiger partial charge on any atom is -0.412 e. The molecule has 0 saturated heterocycles. The minimum atomic E-state index is -4.09. The zero-order valence-electron chi connectivity index (χ0n) is 51.6. The standard InChI is InChI=1S/C72H100O6P2/c1-13-21-29-57-45-53(9)65(33-25-17-5)69(49-57)75-79(73,76-70-50-58(30-22-14-2)46-54(10)66(70)34-26-18-6)63-41-37-61(38-42-63)62-39-43-64(44-40-62)80(74,77-71-51-59(31-23-15-3)47-55(11)67(71)35-27-19-7)78-72-52-60(32-24-16-4)48-56(12)68(72)36-28-20-8/h37-52H,13-36H2,1-12H3. The summed E-state index contributed by atoms with van der Waals surface area (Å²) >= 11 is 0. The Kier molecular flexibility index (Phi) is 25.7. The molecule has 0 unspecified atom stereocenters. The lowest BCUT2D eigenvalue weighted by atomic mass is 9.97. The number of rotatable bonds is 35. The van der Waals surface area contributed by atoms with E-state index in [9.17, 15) is 0 Å². The summed E-state index contributed by atoms with van der Waals surface area (Å²) in [4.78, 5) is 0. The van der Waals surface area contributed by atoms with Gasteiger partial charge in [0.2, 0.25) is 0 Å². The third-order valence-electron chi connectivity index (χ3n) is 15.9. The maximum atomic E-state index is 16.2. The molecule has 0 aromatic heterocycles. The second-order valence-electron chi connectivity index (χ2n) is 22.8. The summed E-state index contributed by atoms with van der Waals surface area (Å²) in [6, 6.07) is 33.3. The van der Waals surface area contributed by atoms with Gasteiger partial charge in [-0.05, 0) is 257 Å². The van der Waals surface area contributed by atoms with Gasteiger partial charge in [0.1, 0.15) is 23.0 Å². The van der Waals surface area contributed by atoms with Crippen LogP contribution in [0.3, 0.4) is 0 Å². The predicted molar refractivity (Wildman–Crippen MR) is 342 cm³/mol. The molecular formula is C72H100O6P2. The van der Waals surface area contributed by atoms with Gasteiger partial charge in [-0.3, -0.25) is 0 Å². The molecule has 0 aliphatic rings. The highest BCUT2D eigenvalue weighted by Gasteiger charge is 2.36. The number of unbranched alkanes of at least 4 members (excludes halogenated alkanes) is 8. The van der Waals surface area contributed by atoms with Crippen molar-refractivity contribution in [2.75, 3.05) is 0 Å². The van der Waals surface area contributed by atoms with Crippen LogP contribution in [0.2, 0.25) is 0 Å². The number of aryl methyl sites for hydroxylation is 8. The highest BCUT2D eigenvalue weighted by molar-refractivity contribution is 7.63. The minimum absolute atomic E-state index is 0.492. The highest BCUT2D eigenvalue weighted by atomic mass is 31.2. The van der Waals surface area contributed by atoms with E-state index in [1.165, 1.54) is 22.3 Å². The summed E-state index contributed by atoms with van der Waals surface area (Å²) in [5.41, 5.74) is 15.6. The molecule has 0 spiro atoms. The molecule has 0 N–H and O–H groups in total. The molecule has 0 heterocycles. The second kappa shape index (κ2) is 32.0. The fourth-order valence-electron chi connectivity index (χ4n) is 11.0. The highest BCUT2D eigenvalue weighted by Crippen LogP contribution is 2.53. The van der Waals surface area contributed by atoms with E-state index >= 15 is 9.13 Å². The van der Waals surface area contributed by atoms with Gasteiger partial charge >= 0.3 is 15.2 Å². The fraction of sp³-hybridized carbons (Fsp3) is 0.500. The molecule has 434 valence electrons. The molecule has 6 aromatic carbocycles. The molecule has 80 heavy (non-hydrogen) atoms. The summed E-state index contributed by atoms with van der Waals surface area (Å²) in [7, 11) is -8.19. The van der Waals surface area contributed by atoms with Gasteiger partial charge in [-0.2, -0.15) is 0 Å². The molecule has 0 saturated carbocycles. The summed E-state index contributed by atoms with van der Waals surface area (Å²) in [6.07, 6.45) is 23.7. The fourth-order valence-corrected chi connectivity index (χ4v) is 14.2. The van der Waals surface area contributed by atoms with Crippen LogP contribution < -0.4 is 28.7 Å². The normalized spacial score (nSPS) is 11.8. The topological polar surface area (TPSA) is 71.1 Å². The molecule has 0 aliphatic carbocycles. The number of hydrogen-bond acceptors (Lipinski definition) is 6. The molecule has 0 radical (unpaired) electrons. The quantitative estimate of drug-likeness (QED) is 0.0369. The summed E-state index contributed by atoms with van der Waals surface area (Å²) < 4.78 is 60.6. The third-order valence-corrected chi connectivity index (χ3v) is 19.5. The maximum Gasteiger partial charge on any atom is 0.462 e.